The van der Waals surface area contributed by atoms with Crippen LogP contribution in [0.1, 0.15) is 27.9 Å². The number of carbonyl (C=O) groups excluding carboxylic acids is 3. The number of primary amides is 1. The number of benzene rings is 2. The molecule has 2 aromatic carbocycles. The van der Waals surface area contributed by atoms with Crippen LogP contribution >= 0.6 is 0 Å². The Hall–Kier alpha value is -3.35. The molecule has 1 fully saturated rings. The molecule has 0 saturated carbocycles. The first-order valence-corrected chi connectivity index (χ1v) is 8.26. The van der Waals surface area contributed by atoms with Crippen LogP contribution in [0.4, 0.5) is 4.79 Å². The van der Waals surface area contributed by atoms with Gasteiger partial charge in [-0.2, -0.15) is 0 Å². The third-order valence-corrected chi connectivity index (χ3v) is 4.84. The summed E-state index contributed by atoms with van der Waals surface area (Å²) in [5.41, 5.74) is 5.93. The lowest BCUT2D eigenvalue weighted by Gasteiger charge is -2.33. The molecular weight excluding hydrogens is 334 g/mol. The molecule has 0 aromatic heterocycles. The lowest BCUT2D eigenvalue weighted by molar-refractivity contribution is -0.133. The number of para-hydroxylation sites is 1. The van der Waals surface area contributed by atoms with Crippen LogP contribution < -0.4 is 15.8 Å². The number of urea groups is 1. The fraction of sp³-hybridized carbons (Fsp3) is 0.211. The maximum atomic E-state index is 13.1. The Morgan fingerprint density at radius 2 is 1.88 bits per heavy atom. The second-order valence-electron chi connectivity index (χ2n) is 6.38. The van der Waals surface area contributed by atoms with Crippen molar-refractivity contribution in [1.82, 2.24) is 10.2 Å². The molecule has 0 aliphatic carbocycles. The van der Waals surface area contributed by atoms with Crippen LogP contribution in [0.2, 0.25) is 0 Å². The Balaban J connectivity index is 1.63. The smallest absolute Gasteiger partial charge is 0.325 e. The lowest BCUT2D eigenvalue weighted by Crippen LogP contribution is -2.47. The molecule has 132 valence electrons. The van der Waals surface area contributed by atoms with Crippen LogP contribution in [-0.4, -0.2) is 29.4 Å². The Kier molecular flexibility index (Phi) is 3.64. The number of ether oxygens (including phenoxy) is 1. The van der Waals surface area contributed by atoms with E-state index in [-0.39, 0.29) is 12.5 Å². The first-order valence-electron chi connectivity index (χ1n) is 8.26. The molecule has 2 aliphatic heterocycles. The number of rotatable bonds is 3. The fourth-order valence-electron chi connectivity index (χ4n) is 3.47. The van der Waals surface area contributed by atoms with Gasteiger partial charge < -0.3 is 15.8 Å². The molecule has 2 aliphatic rings. The Morgan fingerprint density at radius 3 is 2.62 bits per heavy atom. The normalized spacial score (nSPS) is 21.3. The van der Waals surface area contributed by atoms with Gasteiger partial charge in [0.05, 0.1) is 13.2 Å². The number of imide groups is 1. The summed E-state index contributed by atoms with van der Waals surface area (Å²) >= 11 is 0. The maximum absolute atomic E-state index is 13.1. The Morgan fingerprint density at radius 1 is 1.15 bits per heavy atom. The summed E-state index contributed by atoms with van der Waals surface area (Å²) in [5.74, 6) is -0.207. The lowest BCUT2D eigenvalue weighted by atomic mass is 9.84. The number of nitrogens with zero attached hydrogens (tertiary/aromatic N) is 1. The number of nitrogens with one attached hydrogen (secondary N) is 1. The van der Waals surface area contributed by atoms with Crippen molar-refractivity contribution in [2.24, 2.45) is 5.73 Å². The highest BCUT2D eigenvalue weighted by Gasteiger charge is 2.54. The average Bonchev–Trinajstić information content (AvgIpc) is 2.87. The molecule has 3 N–H and O–H groups in total. The third-order valence-electron chi connectivity index (χ3n) is 4.84. The van der Waals surface area contributed by atoms with Crippen molar-refractivity contribution in [3.05, 3.63) is 65.2 Å². The van der Waals surface area contributed by atoms with Gasteiger partial charge in [0.1, 0.15) is 5.75 Å². The quantitative estimate of drug-likeness (QED) is 0.819. The minimum Gasteiger partial charge on any atom is -0.493 e. The van der Waals surface area contributed by atoms with Gasteiger partial charge in [0.2, 0.25) is 5.91 Å². The number of nitrogens with two attached hydrogens (primary N) is 1. The molecule has 2 heterocycles. The molecule has 1 spiro atoms. The zero-order valence-corrected chi connectivity index (χ0v) is 13.9. The van der Waals surface area contributed by atoms with Crippen molar-refractivity contribution < 1.29 is 19.1 Å². The molecule has 4 rings (SSSR count). The van der Waals surface area contributed by atoms with Gasteiger partial charge in [-0.3, -0.25) is 14.5 Å². The summed E-state index contributed by atoms with van der Waals surface area (Å²) in [5, 5.41) is 2.86. The summed E-state index contributed by atoms with van der Waals surface area (Å²) in [6, 6.07) is 13.3. The summed E-state index contributed by atoms with van der Waals surface area (Å²) in [7, 11) is 0. The van der Waals surface area contributed by atoms with Crippen molar-refractivity contribution in [2.45, 2.75) is 18.5 Å². The van der Waals surface area contributed by atoms with Crippen molar-refractivity contribution in [2.75, 3.05) is 6.61 Å². The summed E-state index contributed by atoms with van der Waals surface area (Å²) in [6.07, 6.45) is 0.381. The van der Waals surface area contributed by atoms with E-state index in [2.05, 4.69) is 5.32 Å². The van der Waals surface area contributed by atoms with E-state index in [9.17, 15) is 14.4 Å². The SMILES string of the molecule is NC(=O)c1ccc(CN2C(=O)NC3(CCOc4ccccc43)C2=O)cc1. The average molecular weight is 351 g/mol. The van der Waals surface area contributed by atoms with Crippen LogP contribution in [0, 0.1) is 0 Å². The molecule has 1 unspecified atom stereocenters. The van der Waals surface area contributed by atoms with Crippen LogP contribution in [0.15, 0.2) is 48.5 Å². The predicted molar refractivity (Wildman–Crippen MR) is 92.3 cm³/mol. The van der Waals surface area contributed by atoms with Crippen molar-refractivity contribution in [3.63, 3.8) is 0 Å². The monoisotopic (exact) mass is 351 g/mol. The molecule has 26 heavy (non-hydrogen) atoms. The van der Waals surface area contributed by atoms with E-state index in [4.69, 9.17) is 10.5 Å². The first-order chi connectivity index (χ1) is 12.5. The highest BCUT2D eigenvalue weighted by Crippen LogP contribution is 2.41. The van der Waals surface area contributed by atoms with Gasteiger partial charge in [0.15, 0.2) is 5.54 Å². The van der Waals surface area contributed by atoms with Gasteiger partial charge in [-0.1, -0.05) is 30.3 Å². The molecule has 1 saturated heterocycles. The van der Waals surface area contributed by atoms with E-state index in [0.29, 0.717) is 29.9 Å². The van der Waals surface area contributed by atoms with Crippen LogP contribution in [0.3, 0.4) is 0 Å². The van der Waals surface area contributed by atoms with Crippen molar-refractivity contribution in [1.29, 1.82) is 0 Å². The van der Waals surface area contributed by atoms with Gasteiger partial charge in [-0.25, -0.2) is 4.79 Å². The summed E-state index contributed by atoms with van der Waals surface area (Å²) in [4.78, 5) is 38.0. The van der Waals surface area contributed by atoms with Crippen LogP contribution in [-0.2, 0) is 16.9 Å². The van der Waals surface area contributed by atoms with Gasteiger partial charge >= 0.3 is 6.03 Å². The molecule has 0 radical (unpaired) electrons. The predicted octanol–water partition coefficient (Wildman–Crippen LogP) is 1.52. The number of amides is 4. The van der Waals surface area contributed by atoms with Gasteiger partial charge in [0.25, 0.3) is 5.91 Å². The maximum Gasteiger partial charge on any atom is 0.325 e. The topological polar surface area (TPSA) is 102 Å². The fourth-order valence-corrected chi connectivity index (χ4v) is 3.47. The summed E-state index contributed by atoms with van der Waals surface area (Å²) in [6.45, 7) is 0.471. The number of fused-ring (bicyclic) bond motifs is 2. The highest BCUT2D eigenvalue weighted by atomic mass is 16.5. The second-order valence-corrected chi connectivity index (χ2v) is 6.38. The van der Waals surface area contributed by atoms with Gasteiger partial charge in [0, 0.05) is 17.5 Å². The van der Waals surface area contributed by atoms with Crippen molar-refractivity contribution >= 4 is 17.8 Å². The molecule has 1 atom stereocenters. The minimum atomic E-state index is -1.08. The largest absolute Gasteiger partial charge is 0.493 e. The number of carbonyl (C=O) groups is 3. The van der Waals surface area contributed by atoms with Crippen LogP contribution in [0.5, 0.6) is 5.75 Å². The van der Waals surface area contributed by atoms with Crippen molar-refractivity contribution in [3.8, 4) is 5.75 Å². The Labute approximate surface area is 149 Å². The zero-order valence-electron chi connectivity index (χ0n) is 13.9. The number of hydrogen-bond donors (Lipinski definition) is 2. The molecule has 7 nitrogen and oxygen atoms in total. The molecule has 4 amide bonds. The Bertz CT molecular complexity index is 909. The first kappa shape index (κ1) is 16.1. The minimum absolute atomic E-state index is 0.120. The van der Waals surface area contributed by atoms with Gasteiger partial charge in [-0.15, -0.1) is 0 Å². The van der Waals surface area contributed by atoms with E-state index >= 15 is 0 Å². The zero-order chi connectivity index (χ0) is 18.3. The van der Waals surface area contributed by atoms with Gasteiger partial charge in [-0.05, 0) is 23.8 Å². The highest BCUT2D eigenvalue weighted by molar-refractivity contribution is 6.07. The van der Waals surface area contributed by atoms with Crippen LogP contribution in [0.25, 0.3) is 0 Å². The third kappa shape index (κ3) is 2.40. The molecule has 7 heteroatoms. The molecule has 2 aromatic rings. The van der Waals surface area contributed by atoms with E-state index in [0.717, 1.165) is 5.56 Å². The van der Waals surface area contributed by atoms with E-state index in [1.807, 2.05) is 12.1 Å². The summed E-state index contributed by atoms with van der Waals surface area (Å²) < 4.78 is 5.62. The van der Waals surface area contributed by atoms with E-state index in [1.54, 1.807) is 36.4 Å². The van der Waals surface area contributed by atoms with E-state index < -0.39 is 17.5 Å². The second kappa shape index (κ2) is 5.87. The molecule has 0 bridgehead atoms. The van der Waals surface area contributed by atoms with E-state index in [1.165, 1.54) is 4.90 Å². The number of hydrogen-bond acceptors (Lipinski definition) is 4. The molecular formula is C19H17N3O4. The standard InChI is InChI=1S/C19H17N3O4/c20-16(23)13-7-5-12(6-8-13)11-22-17(24)19(21-18(22)25)9-10-26-15-4-2-1-3-14(15)19/h1-8H,9-11H2,(H2,20,23)(H,21,25).